The average Bonchev–Trinajstić information content (AvgIpc) is 2.94. The number of hydrogen-bond donors (Lipinski definition) is 4. The van der Waals surface area contributed by atoms with E-state index in [2.05, 4.69) is 10.7 Å². The molecule has 0 saturated heterocycles. The maximum Gasteiger partial charge on any atom is 0.234 e. The van der Waals surface area contributed by atoms with Crippen LogP contribution in [-0.2, 0) is 19.2 Å². The van der Waals surface area contributed by atoms with E-state index in [4.69, 9.17) is 5.73 Å². The van der Waals surface area contributed by atoms with Crippen LogP contribution >= 0.6 is 0 Å². The Kier molecular flexibility index (Phi) is 16.0. The van der Waals surface area contributed by atoms with Gasteiger partial charge in [0, 0.05) is 56.8 Å². The van der Waals surface area contributed by atoms with Crippen molar-refractivity contribution in [2.45, 2.75) is 123 Å². The minimum absolute atomic E-state index is 0.00517. The van der Waals surface area contributed by atoms with Gasteiger partial charge in [-0.1, -0.05) is 34.6 Å². The van der Waals surface area contributed by atoms with Crippen molar-refractivity contribution in [3.8, 4) is 0 Å². The number of amides is 4. The topological polar surface area (TPSA) is 145 Å². The van der Waals surface area contributed by atoms with Gasteiger partial charge in [0.05, 0.1) is 12.1 Å². The molecule has 44 heavy (non-hydrogen) atoms. The Morgan fingerprint density at radius 1 is 0.886 bits per heavy atom. The van der Waals surface area contributed by atoms with E-state index in [-0.39, 0.29) is 69.2 Å². The lowest BCUT2D eigenvalue weighted by Gasteiger charge is -2.37. The summed E-state index contributed by atoms with van der Waals surface area (Å²) in [5.74, 6) is -3.40. The second-order valence-electron chi connectivity index (χ2n) is 13.4. The van der Waals surface area contributed by atoms with E-state index in [9.17, 15) is 33.1 Å². The standard InChI is InChI=1S/C32H57F2N5O5/c1-6-9-38(10-7-2)32(44)24-16-22(30(35)42)15-23(17-24)31(43)36-27(14-21-12-25(33)18-26(34)13-21)28(40)19-39(8-3)37-29(41)11-20(4)5/h20-28,40H,6-19H2,1-5H3,(H2,35,42)(H,36,43)(H,37,41). The van der Waals surface area contributed by atoms with Gasteiger partial charge < -0.3 is 21.1 Å². The maximum atomic E-state index is 14.3. The van der Waals surface area contributed by atoms with Crippen molar-refractivity contribution in [3.63, 3.8) is 0 Å². The van der Waals surface area contributed by atoms with Gasteiger partial charge in [-0.3, -0.25) is 24.6 Å². The molecule has 0 bridgehead atoms. The van der Waals surface area contributed by atoms with E-state index in [0.717, 1.165) is 12.8 Å². The molecular formula is C32H57F2N5O5. The van der Waals surface area contributed by atoms with E-state index < -0.39 is 60.0 Å². The van der Waals surface area contributed by atoms with Gasteiger partial charge in [-0.25, -0.2) is 13.8 Å². The normalized spacial score (nSPS) is 27.0. The summed E-state index contributed by atoms with van der Waals surface area (Å²) in [5.41, 5.74) is 8.47. The van der Waals surface area contributed by atoms with Gasteiger partial charge in [-0.05, 0) is 63.2 Å². The number of primary amides is 1. The van der Waals surface area contributed by atoms with Gasteiger partial charge in [-0.15, -0.1) is 0 Å². The van der Waals surface area contributed by atoms with Crippen LogP contribution < -0.4 is 16.5 Å². The second kappa shape index (κ2) is 18.6. The molecule has 0 aromatic heterocycles. The summed E-state index contributed by atoms with van der Waals surface area (Å²) in [7, 11) is 0. The predicted octanol–water partition coefficient (Wildman–Crippen LogP) is 3.26. The van der Waals surface area contributed by atoms with Crippen LogP contribution in [0.25, 0.3) is 0 Å². The van der Waals surface area contributed by atoms with Gasteiger partial charge in [0.1, 0.15) is 12.3 Å². The molecule has 10 nitrogen and oxygen atoms in total. The smallest absolute Gasteiger partial charge is 0.234 e. The second-order valence-corrected chi connectivity index (χ2v) is 13.4. The molecule has 7 unspecified atom stereocenters. The minimum atomic E-state index is -1.30. The zero-order valence-corrected chi connectivity index (χ0v) is 27.4. The minimum Gasteiger partial charge on any atom is -0.390 e. The van der Waals surface area contributed by atoms with Crippen molar-refractivity contribution in [1.29, 1.82) is 0 Å². The van der Waals surface area contributed by atoms with Crippen LogP contribution in [0.4, 0.5) is 8.78 Å². The van der Waals surface area contributed by atoms with Crippen molar-refractivity contribution in [2.75, 3.05) is 26.2 Å². The van der Waals surface area contributed by atoms with Crippen LogP contribution in [0.2, 0.25) is 0 Å². The van der Waals surface area contributed by atoms with E-state index in [1.165, 1.54) is 0 Å². The first kappa shape index (κ1) is 37.8. The van der Waals surface area contributed by atoms with E-state index in [1.54, 1.807) is 9.91 Å². The summed E-state index contributed by atoms with van der Waals surface area (Å²) >= 11 is 0. The number of aliphatic hydroxyl groups is 1. The highest BCUT2D eigenvalue weighted by Crippen LogP contribution is 2.36. The fraction of sp³-hybridized carbons (Fsp3) is 0.875. The molecule has 2 aliphatic rings. The Balaban J connectivity index is 2.25. The summed E-state index contributed by atoms with van der Waals surface area (Å²) < 4.78 is 28.6. The van der Waals surface area contributed by atoms with Gasteiger partial charge in [-0.2, -0.15) is 0 Å². The van der Waals surface area contributed by atoms with Crippen LogP contribution in [0, 0.1) is 29.6 Å². The Hall–Kier alpha value is -2.34. The number of halogens is 2. The Labute approximate surface area is 262 Å². The highest BCUT2D eigenvalue weighted by atomic mass is 19.1. The molecule has 2 fully saturated rings. The van der Waals surface area contributed by atoms with E-state index in [0.29, 0.717) is 26.1 Å². The van der Waals surface area contributed by atoms with E-state index >= 15 is 0 Å². The quantitative estimate of drug-likeness (QED) is 0.182. The van der Waals surface area contributed by atoms with Gasteiger partial charge >= 0.3 is 0 Å². The molecule has 7 atom stereocenters. The molecular weight excluding hydrogens is 572 g/mol. The molecule has 4 amide bonds. The maximum absolute atomic E-state index is 14.3. The van der Waals surface area contributed by atoms with Crippen LogP contribution in [0.3, 0.4) is 0 Å². The first-order valence-corrected chi connectivity index (χ1v) is 16.7. The third kappa shape index (κ3) is 12.2. The Morgan fingerprint density at radius 2 is 1.45 bits per heavy atom. The number of hydrazine groups is 1. The number of alkyl halides is 2. The molecule has 0 radical (unpaired) electrons. The number of hydrogen-bond acceptors (Lipinski definition) is 6. The monoisotopic (exact) mass is 629 g/mol. The summed E-state index contributed by atoms with van der Waals surface area (Å²) in [6, 6.07) is -0.860. The first-order valence-electron chi connectivity index (χ1n) is 16.7. The molecule has 0 heterocycles. The van der Waals surface area contributed by atoms with Crippen LogP contribution in [-0.4, -0.2) is 89.3 Å². The molecule has 0 aliphatic heterocycles. The predicted molar refractivity (Wildman–Crippen MR) is 165 cm³/mol. The fourth-order valence-electron chi connectivity index (χ4n) is 6.75. The molecule has 0 aromatic rings. The molecule has 12 heteroatoms. The summed E-state index contributed by atoms with van der Waals surface area (Å²) in [6.07, 6.45) is -0.883. The summed E-state index contributed by atoms with van der Waals surface area (Å²) in [5, 5.41) is 15.9. The number of carbonyl (C=O) groups excluding carboxylic acids is 4. The van der Waals surface area contributed by atoms with Crippen LogP contribution in [0.1, 0.15) is 98.8 Å². The third-order valence-corrected chi connectivity index (χ3v) is 8.86. The van der Waals surface area contributed by atoms with E-state index in [1.807, 2.05) is 34.6 Å². The molecule has 0 spiro atoms. The number of nitrogens with one attached hydrogen (secondary N) is 2. The highest BCUT2D eigenvalue weighted by Gasteiger charge is 2.41. The number of carbonyl (C=O) groups is 4. The lowest BCUT2D eigenvalue weighted by molar-refractivity contribution is -0.141. The Morgan fingerprint density at radius 3 is 1.98 bits per heavy atom. The number of nitrogens with zero attached hydrogens (tertiary/aromatic N) is 2. The van der Waals surface area contributed by atoms with Crippen LogP contribution in [0.15, 0.2) is 0 Å². The zero-order chi connectivity index (χ0) is 33.0. The first-order chi connectivity index (χ1) is 20.8. The molecule has 254 valence electrons. The number of rotatable bonds is 17. The lowest BCUT2D eigenvalue weighted by Crippen LogP contribution is -2.54. The average molecular weight is 630 g/mol. The largest absolute Gasteiger partial charge is 0.390 e. The third-order valence-electron chi connectivity index (χ3n) is 8.86. The van der Waals surface area contributed by atoms with Gasteiger partial charge in [0.25, 0.3) is 0 Å². The highest BCUT2D eigenvalue weighted by molar-refractivity contribution is 5.85. The number of likely N-dealkylation sites (N-methyl/N-ethyl adjacent to an activating group) is 1. The van der Waals surface area contributed by atoms with Crippen molar-refractivity contribution < 1.29 is 33.1 Å². The molecule has 0 aromatic carbocycles. The van der Waals surface area contributed by atoms with Crippen molar-refractivity contribution >= 4 is 23.6 Å². The zero-order valence-electron chi connectivity index (χ0n) is 27.4. The van der Waals surface area contributed by atoms with Crippen molar-refractivity contribution in [1.82, 2.24) is 20.7 Å². The van der Waals surface area contributed by atoms with Crippen molar-refractivity contribution in [3.05, 3.63) is 0 Å². The molecule has 2 aliphatic carbocycles. The van der Waals surface area contributed by atoms with Crippen molar-refractivity contribution in [2.24, 2.45) is 35.3 Å². The number of nitrogens with two attached hydrogens (primary N) is 1. The summed E-state index contributed by atoms with van der Waals surface area (Å²) in [6.45, 7) is 11.2. The molecule has 5 N–H and O–H groups in total. The van der Waals surface area contributed by atoms with Gasteiger partial charge in [0.15, 0.2) is 0 Å². The lowest BCUT2D eigenvalue weighted by atomic mass is 9.73. The van der Waals surface area contributed by atoms with Gasteiger partial charge in [0.2, 0.25) is 23.6 Å². The molecule has 2 saturated carbocycles. The Bertz CT molecular complexity index is 925. The molecule has 2 rings (SSSR count). The SMILES string of the molecule is CCCN(CCC)C(=O)C1CC(C(N)=O)CC(C(=O)NC(CC2CC(F)CC(F)C2)C(O)CN(CC)NC(=O)CC(C)C)C1. The summed E-state index contributed by atoms with van der Waals surface area (Å²) in [4.78, 5) is 53.7. The fourth-order valence-corrected chi connectivity index (χ4v) is 6.75. The number of aliphatic hydroxyl groups excluding tert-OH is 1. The van der Waals surface area contributed by atoms with Crippen LogP contribution in [0.5, 0.6) is 0 Å².